The van der Waals surface area contributed by atoms with Crippen LogP contribution < -0.4 is 0 Å². The van der Waals surface area contributed by atoms with Crippen molar-refractivity contribution >= 4 is 21.9 Å². The minimum atomic E-state index is -3.48. The third-order valence-corrected chi connectivity index (χ3v) is 6.03. The van der Waals surface area contributed by atoms with E-state index in [9.17, 15) is 17.6 Å². The largest absolute Gasteiger partial charge is 0.289 e. The van der Waals surface area contributed by atoms with Crippen molar-refractivity contribution in [1.29, 1.82) is 0 Å². The molecule has 0 unspecified atom stereocenters. The lowest BCUT2D eigenvalue weighted by atomic mass is 10.1. The van der Waals surface area contributed by atoms with Gasteiger partial charge in [0.1, 0.15) is 5.82 Å². The van der Waals surface area contributed by atoms with Gasteiger partial charge in [-0.25, -0.2) is 12.8 Å². The van der Waals surface area contributed by atoms with Crippen LogP contribution in [0.15, 0.2) is 59.5 Å². The molecular formula is C19H18FNO3S. The Morgan fingerprint density at radius 3 is 2.36 bits per heavy atom. The average Bonchev–Trinajstić information content (AvgIpc) is 3.15. The van der Waals surface area contributed by atoms with E-state index in [0.29, 0.717) is 24.2 Å². The van der Waals surface area contributed by atoms with Crippen LogP contribution >= 0.6 is 0 Å². The lowest BCUT2D eigenvalue weighted by molar-refractivity contribution is 0.104. The monoisotopic (exact) mass is 359 g/mol. The number of sulfonamides is 1. The Balaban J connectivity index is 1.74. The van der Waals surface area contributed by atoms with Gasteiger partial charge in [-0.05, 0) is 60.9 Å². The number of allylic oxidation sites excluding steroid dienone is 1. The molecule has 4 nitrogen and oxygen atoms in total. The maximum absolute atomic E-state index is 13.1. The normalized spacial score (nSPS) is 15.7. The smallest absolute Gasteiger partial charge is 0.243 e. The lowest BCUT2D eigenvalue weighted by Crippen LogP contribution is -2.27. The van der Waals surface area contributed by atoms with Crippen LogP contribution in [0.4, 0.5) is 4.39 Å². The summed E-state index contributed by atoms with van der Waals surface area (Å²) in [6.45, 7) is 1.08. The lowest BCUT2D eigenvalue weighted by Gasteiger charge is -2.15. The molecule has 0 aromatic heterocycles. The van der Waals surface area contributed by atoms with Crippen LogP contribution in [0.3, 0.4) is 0 Å². The van der Waals surface area contributed by atoms with Crippen molar-refractivity contribution in [2.45, 2.75) is 17.7 Å². The van der Waals surface area contributed by atoms with E-state index in [4.69, 9.17) is 0 Å². The first-order chi connectivity index (χ1) is 12.0. The second kappa shape index (κ2) is 7.29. The molecule has 2 aromatic carbocycles. The van der Waals surface area contributed by atoms with Gasteiger partial charge in [0, 0.05) is 18.7 Å². The quantitative estimate of drug-likeness (QED) is 0.606. The summed E-state index contributed by atoms with van der Waals surface area (Å²) < 4.78 is 39.5. The molecule has 25 heavy (non-hydrogen) atoms. The number of carbonyl (C=O) groups is 1. The highest BCUT2D eigenvalue weighted by atomic mass is 32.2. The average molecular weight is 359 g/mol. The predicted molar refractivity (Wildman–Crippen MR) is 94.2 cm³/mol. The molecule has 1 heterocycles. The first kappa shape index (κ1) is 17.5. The van der Waals surface area contributed by atoms with E-state index in [2.05, 4.69) is 0 Å². The molecule has 0 N–H and O–H groups in total. The molecule has 0 amide bonds. The Bertz CT molecular complexity index is 899. The van der Waals surface area contributed by atoms with Gasteiger partial charge < -0.3 is 0 Å². The summed E-state index contributed by atoms with van der Waals surface area (Å²) in [5.41, 5.74) is 0.967. The number of carbonyl (C=O) groups excluding carboxylic acids is 1. The molecule has 1 aliphatic heterocycles. The van der Waals surface area contributed by atoms with Gasteiger partial charge in [-0.2, -0.15) is 4.31 Å². The van der Waals surface area contributed by atoms with Crippen LogP contribution in [-0.2, 0) is 10.0 Å². The van der Waals surface area contributed by atoms with Crippen LogP contribution in [0.25, 0.3) is 6.08 Å². The van der Waals surface area contributed by atoms with E-state index < -0.39 is 10.0 Å². The molecule has 0 saturated carbocycles. The zero-order valence-electron chi connectivity index (χ0n) is 13.6. The zero-order chi connectivity index (χ0) is 17.9. The van der Waals surface area contributed by atoms with Gasteiger partial charge in [-0.1, -0.05) is 18.2 Å². The van der Waals surface area contributed by atoms with Crippen molar-refractivity contribution in [2.24, 2.45) is 0 Å². The minimum absolute atomic E-state index is 0.195. The Kier molecular flexibility index (Phi) is 5.11. The molecule has 130 valence electrons. The molecule has 1 aliphatic rings. The molecular weight excluding hydrogens is 341 g/mol. The van der Waals surface area contributed by atoms with Crippen LogP contribution in [0.1, 0.15) is 28.8 Å². The Hall–Kier alpha value is -2.31. The molecule has 1 fully saturated rings. The van der Waals surface area contributed by atoms with E-state index in [1.165, 1.54) is 52.9 Å². The predicted octanol–water partition coefficient (Wildman–Crippen LogP) is 3.51. The number of rotatable bonds is 5. The highest BCUT2D eigenvalue weighted by molar-refractivity contribution is 7.89. The van der Waals surface area contributed by atoms with E-state index in [1.54, 1.807) is 12.1 Å². The minimum Gasteiger partial charge on any atom is -0.289 e. The molecule has 1 saturated heterocycles. The highest BCUT2D eigenvalue weighted by Gasteiger charge is 2.26. The molecule has 2 aromatic rings. The summed E-state index contributed by atoms with van der Waals surface area (Å²) in [5.74, 6) is -0.638. The standard InChI is InChI=1S/C19H18FNO3S/c20-17-5-3-4-15(14-17)6-11-19(22)16-7-9-18(10-8-16)25(23,24)21-12-1-2-13-21/h3-11,14H,1-2,12-13H2. The summed E-state index contributed by atoms with van der Waals surface area (Å²) in [5, 5.41) is 0. The Morgan fingerprint density at radius 1 is 1.04 bits per heavy atom. The molecule has 0 radical (unpaired) electrons. The van der Waals surface area contributed by atoms with Crippen LogP contribution in [0, 0.1) is 5.82 Å². The SMILES string of the molecule is O=C(C=Cc1cccc(F)c1)c1ccc(S(=O)(=O)N2CCCC2)cc1. The fourth-order valence-corrected chi connectivity index (χ4v) is 4.26. The number of halogens is 1. The number of hydrogen-bond acceptors (Lipinski definition) is 3. The fraction of sp³-hybridized carbons (Fsp3) is 0.211. The van der Waals surface area contributed by atoms with Gasteiger partial charge in [-0.3, -0.25) is 4.79 Å². The number of benzene rings is 2. The van der Waals surface area contributed by atoms with Gasteiger partial charge in [0.05, 0.1) is 4.90 Å². The van der Waals surface area contributed by atoms with E-state index in [0.717, 1.165) is 12.8 Å². The van der Waals surface area contributed by atoms with E-state index in [1.807, 2.05) is 0 Å². The van der Waals surface area contributed by atoms with E-state index >= 15 is 0 Å². The van der Waals surface area contributed by atoms with Crippen LogP contribution in [0.5, 0.6) is 0 Å². The summed E-state index contributed by atoms with van der Waals surface area (Å²) in [6, 6.07) is 11.8. The molecule has 0 bridgehead atoms. The first-order valence-corrected chi connectivity index (χ1v) is 9.49. The highest BCUT2D eigenvalue weighted by Crippen LogP contribution is 2.21. The Labute approximate surface area is 146 Å². The van der Waals surface area contributed by atoms with Gasteiger partial charge in [0.2, 0.25) is 10.0 Å². The molecule has 0 atom stereocenters. The number of hydrogen-bond donors (Lipinski definition) is 0. The topological polar surface area (TPSA) is 54.5 Å². The van der Waals surface area contributed by atoms with Crippen molar-refractivity contribution in [2.75, 3.05) is 13.1 Å². The molecule has 6 heteroatoms. The number of ketones is 1. The molecule has 3 rings (SSSR count). The van der Waals surface area contributed by atoms with Crippen molar-refractivity contribution in [3.8, 4) is 0 Å². The van der Waals surface area contributed by atoms with Crippen molar-refractivity contribution in [3.05, 3.63) is 71.6 Å². The summed E-state index contributed by atoms with van der Waals surface area (Å²) in [6.07, 6.45) is 4.63. The summed E-state index contributed by atoms with van der Waals surface area (Å²) in [7, 11) is -3.48. The second-order valence-electron chi connectivity index (χ2n) is 5.89. The fourth-order valence-electron chi connectivity index (χ4n) is 2.75. The van der Waals surface area contributed by atoms with E-state index in [-0.39, 0.29) is 16.5 Å². The second-order valence-corrected chi connectivity index (χ2v) is 7.83. The van der Waals surface area contributed by atoms with Gasteiger partial charge in [0.15, 0.2) is 5.78 Å². The van der Waals surface area contributed by atoms with Crippen LogP contribution in [0.2, 0.25) is 0 Å². The van der Waals surface area contributed by atoms with Crippen molar-refractivity contribution in [1.82, 2.24) is 4.31 Å². The van der Waals surface area contributed by atoms with Gasteiger partial charge in [-0.15, -0.1) is 0 Å². The van der Waals surface area contributed by atoms with Crippen LogP contribution in [-0.4, -0.2) is 31.6 Å². The summed E-state index contributed by atoms with van der Waals surface area (Å²) in [4.78, 5) is 12.4. The first-order valence-electron chi connectivity index (χ1n) is 8.05. The maximum atomic E-state index is 13.1. The van der Waals surface area contributed by atoms with Gasteiger partial charge >= 0.3 is 0 Å². The van der Waals surface area contributed by atoms with Gasteiger partial charge in [0.25, 0.3) is 0 Å². The number of nitrogens with zero attached hydrogens (tertiary/aromatic N) is 1. The third-order valence-electron chi connectivity index (χ3n) is 4.12. The van der Waals surface area contributed by atoms with Crippen molar-refractivity contribution < 1.29 is 17.6 Å². The summed E-state index contributed by atoms with van der Waals surface area (Å²) >= 11 is 0. The molecule has 0 spiro atoms. The maximum Gasteiger partial charge on any atom is 0.243 e. The Morgan fingerprint density at radius 2 is 1.72 bits per heavy atom. The zero-order valence-corrected chi connectivity index (χ0v) is 14.4. The van der Waals surface area contributed by atoms with Crippen molar-refractivity contribution in [3.63, 3.8) is 0 Å². The molecule has 0 aliphatic carbocycles. The third kappa shape index (κ3) is 4.03.